The Morgan fingerprint density at radius 2 is 2.04 bits per heavy atom. The normalized spacial score (nSPS) is 14.9. The van der Waals surface area contributed by atoms with E-state index in [1.54, 1.807) is 19.1 Å². The number of ether oxygens (including phenoxy) is 1. The first kappa shape index (κ1) is 16.1. The topological polar surface area (TPSA) is 37.4 Å². The molecular weight excluding hydrogens is 306 g/mol. The van der Waals surface area contributed by atoms with Crippen molar-refractivity contribution in [3.8, 4) is 5.88 Å². The first-order chi connectivity index (χ1) is 11.2. The van der Waals surface area contributed by atoms with Crippen molar-refractivity contribution < 1.29 is 4.74 Å². The highest BCUT2D eigenvalue weighted by Crippen LogP contribution is 2.31. The Hall–Kier alpha value is -1.72. The van der Waals surface area contributed by atoms with Crippen LogP contribution in [0.15, 0.2) is 35.2 Å². The second kappa shape index (κ2) is 7.23. The molecule has 122 valence electrons. The Balaban J connectivity index is 1.81. The molecule has 0 fully saturated rings. The van der Waals surface area contributed by atoms with Crippen molar-refractivity contribution in [2.24, 2.45) is 0 Å². The Labute approximate surface area is 142 Å². The molecule has 2 heterocycles. The Bertz CT molecular complexity index is 690. The van der Waals surface area contributed by atoms with Crippen LogP contribution in [0.25, 0.3) is 0 Å². The third-order valence-corrected chi connectivity index (χ3v) is 4.92. The molecule has 0 radical (unpaired) electrons. The lowest BCUT2D eigenvalue weighted by Crippen LogP contribution is -2.20. The Morgan fingerprint density at radius 1 is 1.22 bits per heavy atom. The molecule has 23 heavy (non-hydrogen) atoms. The van der Waals surface area contributed by atoms with Crippen LogP contribution in [0.3, 0.4) is 0 Å². The number of nitrogens with zero attached hydrogens (tertiary/aromatic N) is 2. The van der Waals surface area contributed by atoms with Crippen molar-refractivity contribution in [2.75, 3.05) is 32.0 Å². The van der Waals surface area contributed by atoms with Crippen LogP contribution in [0, 0.1) is 6.92 Å². The Morgan fingerprint density at radius 3 is 2.83 bits per heavy atom. The van der Waals surface area contributed by atoms with Gasteiger partial charge in [0.1, 0.15) is 5.69 Å². The SMILES string of the molecule is COc1nc2c(cc1NSc1cccc(C)c1)CCN(C)CC2. The average Bonchev–Trinajstić information content (AvgIpc) is 2.74. The number of pyridine rings is 1. The number of nitrogens with one attached hydrogen (secondary N) is 1. The summed E-state index contributed by atoms with van der Waals surface area (Å²) >= 11 is 1.59. The number of hydrogen-bond acceptors (Lipinski definition) is 5. The summed E-state index contributed by atoms with van der Waals surface area (Å²) in [4.78, 5) is 8.26. The summed E-state index contributed by atoms with van der Waals surface area (Å²) in [6.07, 6.45) is 2.01. The molecule has 0 atom stereocenters. The standard InChI is InChI=1S/C18H23N3OS/c1-13-5-4-6-15(11-13)23-20-17-12-14-7-9-21(2)10-8-16(14)19-18(17)22-3/h4-6,11-12,20H,7-10H2,1-3H3. The fourth-order valence-electron chi connectivity index (χ4n) is 2.75. The van der Waals surface area contributed by atoms with Crippen LogP contribution in [-0.2, 0) is 12.8 Å². The van der Waals surface area contributed by atoms with Gasteiger partial charge in [0.15, 0.2) is 0 Å². The van der Waals surface area contributed by atoms with Gasteiger partial charge in [-0.1, -0.05) is 12.1 Å². The molecule has 1 aliphatic rings. The molecule has 0 unspecified atom stereocenters. The molecule has 0 spiro atoms. The van der Waals surface area contributed by atoms with E-state index in [1.807, 2.05) is 0 Å². The lowest BCUT2D eigenvalue weighted by molar-refractivity contribution is 0.351. The maximum atomic E-state index is 5.49. The number of likely N-dealkylation sites (N-methyl/N-ethyl adjacent to an activating group) is 1. The van der Waals surface area contributed by atoms with Crippen LogP contribution in [0.5, 0.6) is 5.88 Å². The smallest absolute Gasteiger partial charge is 0.238 e. The number of aromatic nitrogens is 1. The maximum absolute atomic E-state index is 5.49. The van der Waals surface area contributed by atoms with Gasteiger partial charge in [-0.25, -0.2) is 4.98 Å². The number of anilines is 1. The van der Waals surface area contributed by atoms with Gasteiger partial charge in [-0.05, 0) is 61.7 Å². The third kappa shape index (κ3) is 3.98. The summed E-state index contributed by atoms with van der Waals surface area (Å²) in [6, 6.07) is 10.6. The predicted octanol–water partition coefficient (Wildman–Crippen LogP) is 3.55. The van der Waals surface area contributed by atoms with E-state index in [-0.39, 0.29) is 0 Å². The van der Waals surface area contributed by atoms with Crippen LogP contribution < -0.4 is 9.46 Å². The maximum Gasteiger partial charge on any atom is 0.238 e. The molecule has 0 saturated heterocycles. The number of rotatable bonds is 4. The van der Waals surface area contributed by atoms with E-state index in [4.69, 9.17) is 9.72 Å². The summed E-state index contributed by atoms with van der Waals surface area (Å²) < 4.78 is 8.90. The van der Waals surface area contributed by atoms with Crippen LogP contribution in [0.2, 0.25) is 0 Å². The summed E-state index contributed by atoms with van der Waals surface area (Å²) in [5.41, 5.74) is 4.69. The molecule has 0 amide bonds. The summed E-state index contributed by atoms with van der Waals surface area (Å²) in [5, 5.41) is 0. The molecule has 1 aliphatic heterocycles. The van der Waals surface area contributed by atoms with Crippen LogP contribution in [0.1, 0.15) is 16.8 Å². The van der Waals surface area contributed by atoms with E-state index >= 15 is 0 Å². The first-order valence-corrected chi connectivity index (χ1v) is 8.72. The van der Waals surface area contributed by atoms with E-state index in [1.165, 1.54) is 16.0 Å². The van der Waals surface area contributed by atoms with Gasteiger partial charge in [-0.3, -0.25) is 0 Å². The van der Waals surface area contributed by atoms with Crippen molar-refractivity contribution in [3.05, 3.63) is 47.2 Å². The van der Waals surface area contributed by atoms with Gasteiger partial charge in [0.25, 0.3) is 0 Å². The summed E-state index contributed by atoms with van der Waals surface area (Å²) in [6.45, 7) is 4.23. The molecule has 1 aromatic carbocycles. The highest BCUT2D eigenvalue weighted by molar-refractivity contribution is 8.00. The van der Waals surface area contributed by atoms with E-state index in [9.17, 15) is 0 Å². The largest absolute Gasteiger partial charge is 0.479 e. The van der Waals surface area contributed by atoms with Gasteiger partial charge >= 0.3 is 0 Å². The van der Waals surface area contributed by atoms with Gasteiger partial charge in [0.2, 0.25) is 5.88 Å². The molecule has 0 saturated carbocycles. The number of hydrogen-bond donors (Lipinski definition) is 1. The van der Waals surface area contributed by atoms with Crippen molar-refractivity contribution >= 4 is 17.6 Å². The quantitative estimate of drug-likeness (QED) is 0.868. The lowest BCUT2D eigenvalue weighted by atomic mass is 10.1. The van der Waals surface area contributed by atoms with Gasteiger partial charge in [-0.2, -0.15) is 0 Å². The van der Waals surface area contributed by atoms with Crippen molar-refractivity contribution in [1.29, 1.82) is 0 Å². The third-order valence-electron chi connectivity index (χ3n) is 4.11. The minimum absolute atomic E-state index is 0.674. The Kier molecular flexibility index (Phi) is 5.08. The monoisotopic (exact) mass is 329 g/mol. The molecule has 4 nitrogen and oxygen atoms in total. The van der Waals surface area contributed by atoms with E-state index in [2.05, 4.69) is 53.9 Å². The lowest BCUT2D eigenvalue weighted by Gasteiger charge is -2.14. The molecule has 2 aromatic rings. The minimum atomic E-state index is 0.674. The fraction of sp³-hybridized carbons (Fsp3) is 0.389. The molecule has 0 aliphatic carbocycles. The van der Waals surface area contributed by atoms with Gasteiger partial charge in [0, 0.05) is 30.1 Å². The van der Waals surface area contributed by atoms with E-state index in [0.29, 0.717) is 5.88 Å². The van der Waals surface area contributed by atoms with Crippen molar-refractivity contribution in [1.82, 2.24) is 9.88 Å². The van der Waals surface area contributed by atoms with Crippen LogP contribution >= 0.6 is 11.9 Å². The number of fused-ring (bicyclic) bond motifs is 1. The van der Waals surface area contributed by atoms with E-state index in [0.717, 1.165) is 37.3 Å². The van der Waals surface area contributed by atoms with Gasteiger partial charge < -0.3 is 14.4 Å². The highest BCUT2D eigenvalue weighted by Gasteiger charge is 2.16. The highest BCUT2D eigenvalue weighted by atomic mass is 32.2. The minimum Gasteiger partial charge on any atom is -0.479 e. The second-order valence-electron chi connectivity index (χ2n) is 5.97. The second-order valence-corrected chi connectivity index (χ2v) is 6.85. The van der Waals surface area contributed by atoms with E-state index < -0.39 is 0 Å². The number of benzene rings is 1. The average molecular weight is 329 g/mol. The van der Waals surface area contributed by atoms with Crippen LogP contribution in [-0.4, -0.2) is 37.1 Å². The van der Waals surface area contributed by atoms with Gasteiger partial charge in [-0.15, -0.1) is 0 Å². The van der Waals surface area contributed by atoms with Crippen molar-refractivity contribution in [3.63, 3.8) is 0 Å². The number of aryl methyl sites for hydroxylation is 1. The summed E-state index contributed by atoms with van der Waals surface area (Å²) in [7, 11) is 3.84. The zero-order valence-electron chi connectivity index (χ0n) is 13.9. The molecule has 1 N–H and O–H groups in total. The van der Waals surface area contributed by atoms with Crippen LogP contribution in [0.4, 0.5) is 5.69 Å². The zero-order valence-corrected chi connectivity index (χ0v) is 14.7. The molecule has 0 bridgehead atoms. The van der Waals surface area contributed by atoms with Crippen molar-refractivity contribution in [2.45, 2.75) is 24.7 Å². The van der Waals surface area contributed by atoms with Gasteiger partial charge in [0.05, 0.1) is 7.11 Å². The summed E-state index contributed by atoms with van der Waals surface area (Å²) in [5.74, 6) is 0.674. The number of methoxy groups -OCH3 is 1. The molecular formula is C18H23N3OS. The fourth-order valence-corrected chi connectivity index (χ4v) is 3.51. The first-order valence-electron chi connectivity index (χ1n) is 7.90. The molecule has 1 aromatic heterocycles. The zero-order chi connectivity index (χ0) is 16.2. The predicted molar refractivity (Wildman–Crippen MR) is 96.4 cm³/mol. The molecule has 3 rings (SSSR count). The molecule has 5 heteroatoms.